The number of pyridine rings is 2. The summed E-state index contributed by atoms with van der Waals surface area (Å²) >= 11 is 0. The van der Waals surface area contributed by atoms with Crippen molar-refractivity contribution in [3.8, 4) is 11.4 Å². The number of nitrogens with zero attached hydrogens (tertiary/aromatic N) is 6. The number of hydrogen-bond acceptors (Lipinski definition) is 9. The van der Waals surface area contributed by atoms with E-state index in [9.17, 15) is 9.90 Å². The lowest BCUT2D eigenvalue weighted by Crippen LogP contribution is -2.53. The van der Waals surface area contributed by atoms with Gasteiger partial charge in [-0.3, -0.25) is 19.7 Å². The minimum Gasteiger partial charge on any atom is -0.436 e. The van der Waals surface area contributed by atoms with E-state index in [2.05, 4.69) is 19.8 Å². The molecule has 0 bridgehead atoms. The zero-order valence-electron chi connectivity index (χ0n) is 19.6. The molecule has 3 aromatic heterocycles. The molecule has 3 aromatic rings. The zero-order valence-corrected chi connectivity index (χ0v) is 19.6. The Balaban J connectivity index is 1.36. The highest BCUT2D eigenvalue weighted by atomic mass is 16.6. The number of aliphatic hydroxyl groups excluding tert-OH is 1. The number of rotatable bonds is 6. The van der Waals surface area contributed by atoms with Gasteiger partial charge in [-0.2, -0.15) is 0 Å². The van der Waals surface area contributed by atoms with Crippen LogP contribution in [0.2, 0.25) is 0 Å². The van der Waals surface area contributed by atoms with Crippen molar-refractivity contribution in [2.75, 3.05) is 31.1 Å². The van der Waals surface area contributed by atoms with Gasteiger partial charge in [-0.1, -0.05) is 0 Å². The van der Waals surface area contributed by atoms with Crippen LogP contribution in [-0.4, -0.2) is 74.4 Å². The molecule has 2 aliphatic rings. The van der Waals surface area contributed by atoms with Gasteiger partial charge in [-0.05, 0) is 63.3 Å². The number of likely N-dealkylation sites (tertiary alicyclic amines) is 1. The van der Waals surface area contributed by atoms with Gasteiger partial charge in [0.1, 0.15) is 5.82 Å². The van der Waals surface area contributed by atoms with Crippen molar-refractivity contribution in [1.82, 2.24) is 24.8 Å². The second kappa shape index (κ2) is 8.88. The van der Waals surface area contributed by atoms with Crippen molar-refractivity contribution in [3.63, 3.8) is 0 Å². The van der Waals surface area contributed by atoms with Gasteiger partial charge >= 0.3 is 0 Å². The monoisotopic (exact) mass is 462 g/mol. The topological polar surface area (TPSA) is 105 Å². The van der Waals surface area contributed by atoms with Crippen molar-refractivity contribution >= 4 is 23.2 Å². The first-order chi connectivity index (χ1) is 16.4. The molecule has 9 nitrogen and oxygen atoms in total. The molecule has 0 radical (unpaired) electrons. The zero-order chi connectivity index (χ0) is 23.8. The maximum atomic E-state index is 10.7. The normalized spacial score (nSPS) is 19.4. The van der Waals surface area contributed by atoms with Gasteiger partial charge in [0.25, 0.3) is 6.47 Å². The summed E-state index contributed by atoms with van der Waals surface area (Å²) in [6.07, 6.45) is 9.07. The molecule has 1 N–H and O–H groups in total. The van der Waals surface area contributed by atoms with E-state index in [1.807, 2.05) is 32.0 Å². The summed E-state index contributed by atoms with van der Waals surface area (Å²) in [5.74, 6) is 1.62. The molecule has 0 saturated carbocycles. The Morgan fingerprint density at radius 1 is 1.06 bits per heavy atom. The number of hydrogen-bond donors (Lipinski definition) is 1. The van der Waals surface area contributed by atoms with Gasteiger partial charge in [0.05, 0.1) is 17.3 Å². The first kappa shape index (κ1) is 22.6. The molecule has 0 amide bonds. The number of aliphatic hydroxyl groups is 1. The Labute approximate surface area is 198 Å². The Morgan fingerprint density at radius 3 is 2.50 bits per heavy atom. The first-order valence-electron chi connectivity index (χ1n) is 11.7. The van der Waals surface area contributed by atoms with Crippen LogP contribution >= 0.6 is 0 Å². The minimum absolute atomic E-state index is 0.187. The van der Waals surface area contributed by atoms with Gasteiger partial charge in [0.2, 0.25) is 6.29 Å². The molecule has 1 unspecified atom stereocenters. The maximum Gasteiger partial charge on any atom is 0.295 e. The smallest absolute Gasteiger partial charge is 0.295 e. The maximum absolute atomic E-state index is 10.7. The summed E-state index contributed by atoms with van der Waals surface area (Å²) in [6.45, 7) is 7.72. The Bertz CT molecular complexity index is 1160. The van der Waals surface area contributed by atoms with Crippen LogP contribution in [0.3, 0.4) is 0 Å². The van der Waals surface area contributed by atoms with Crippen LogP contribution in [-0.2, 0) is 9.53 Å². The molecule has 5 rings (SSSR count). The number of fused-ring (bicyclic) bond motifs is 1. The highest BCUT2D eigenvalue weighted by molar-refractivity contribution is 5.90. The first-order valence-corrected chi connectivity index (χ1v) is 11.7. The molecule has 9 heteroatoms. The van der Waals surface area contributed by atoms with Gasteiger partial charge < -0.3 is 14.7 Å². The average molecular weight is 463 g/mol. The van der Waals surface area contributed by atoms with Gasteiger partial charge in [0.15, 0.2) is 5.82 Å². The van der Waals surface area contributed by atoms with E-state index in [4.69, 9.17) is 14.7 Å². The van der Waals surface area contributed by atoms with Crippen LogP contribution in [0.1, 0.15) is 33.1 Å². The minimum atomic E-state index is -1.15. The molecular formula is C25H30N6O3. The van der Waals surface area contributed by atoms with Crippen molar-refractivity contribution in [2.24, 2.45) is 5.41 Å². The van der Waals surface area contributed by atoms with Crippen LogP contribution in [0.15, 0.2) is 43.0 Å². The summed E-state index contributed by atoms with van der Waals surface area (Å²) in [5, 5.41) is 11.3. The standard InChI is InChI=1S/C25H30N6O3/c1-24(2,23(33)34-17-32)31-14-8-25(16-31)6-12-30(13-7-25)22-19-5-11-27-15-20(19)28-21(29-22)18-3-9-26-10-4-18/h3-5,9-11,15,17,23,33H,6-8,12-14,16H2,1-2H3. The molecule has 34 heavy (non-hydrogen) atoms. The summed E-state index contributed by atoms with van der Waals surface area (Å²) in [6, 6.07) is 5.83. The molecule has 2 aliphatic heterocycles. The Hall–Kier alpha value is -3.17. The fourth-order valence-electron chi connectivity index (χ4n) is 5.24. The SMILES string of the molecule is CC(C)(C(O)OC=O)N1CCC2(CCN(c3nc(-c4ccncc4)nc4cnccc34)CC2)C1. The van der Waals surface area contributed by atoms with Gasteiger partial charge in [-0.25, -0.2) is 9.97 Å². The largest absolute Gasteiger partial charge is 0.436 e. The Kier molecular flexibility index (Phi) is 5.91. The van der Waals surface area contributed by atoms with Crippen LogP contribution in [0.4, 0.5) is 5.82 Å². The molecule has 0 aromatic carbocycles. The molecule has 2 saturated heterocycles. The number of anilines is 1. The summed E-state index contributed by atoms with van der Waals surface area (Å²) in [5.41, 5.74) is 1.32. The lowest BCUT2D eigenvalue weighted by molar-refractivity contribution is -0.178. The van der Waals surface area contributed by atoms with Crippen LogP contribution in [0, 0.1) is 5.41 Å². The highest BCUT2D eigenvalue weighted by Gasteiger charge is 2.47. The summed E-state index contributed by atoms with van der Waals surface area (Å²) in [4.78, 5) is 33.4. The molecular weight excluding hydrogens is 432 g/mol. The van der Waals surface area contributed by atoms with E-state index >= 15 is 0 Å². The van der Waals surface area contributed by atoms with Gasteiger partial charge in [-0.15, -0.1) is 0 Å². The quantitative estimate of drug-likeness (QED) is 0.437. The average Bonchev–Trinajstić information content (AvgIpc) is 3.29. The number of aromatic nitrogens is 4. The third-order valence-electron chi connectivity index (χ3n) is 7.58. The van der Waals surface area contributed by atoms with Crippen molar-refractivity contribution in [2.45, 2.75) is 44.9 Å². The van der Waals surface area contributed by atoms with E-state index in [-0.39, 0.29) is 5.41 Å². The number of carbonyl (C=O) groups is 1. The molecule has 0 aliphatic carbocycles. The van der Waals surface area contributed by atoms with E-state index in [0.717, 1.165) is 67.7 Å². The van der Waals surface area contributed by atoms with Crippen molar-refractivity contribution in [3.05, 3.63) is 43.0 Å². The fraction of sp³-hybridized carbons (Fsp3) is 0.480. The number of ether oxygens (including phenoxy) is 1. The van der Waals surface area contributed by atoms with E-state index in [0.29, 0.717) is 12.3 Å². The van der Waals surface area contributed by atoms with Crippen molar-refractivity contribution < 1.29 is 14.6 Å². The van der Waals surface area contributed by atoms with Crippen LogP contribution < -0.4 is 4.90 Å². The highest BCUT2D eigenvalue weighted by Crippen LogP contribution is 2.44. The predicted octanol–water partition coefficient (Wildman–Crippen LogP) is 2.65. The van der Waals surface area contributed by atoms with Crippen LogP contribution in [0.5, 0.6) is 0 Å². The van der Waals surface area contributed by atoms with Gasteiger partial charge in [0, 0.05) is 49.2 Å². The molecule has 5 heterocycles. The molecule has 1 atom stereocenters. The Morgan fingerprint density at radius 2 is 1.76 bits per heavy atom. The lowest BCUT2D eigenvalue weighted by atomic mass is 9.77. The predicted molar refractivity (Wildman–Crippen MR) is 128 cm³/mol. The third-order valence-corrected chi connectivity index (χ3v) is 7.58. The molecule has 1 spiro atoms. The summed E-state index contributed by atoms with van der Waals surface area (Å²) < 4.78 is 4.86. The van der Waals surface area contributed by atoms with E-state index in [1.54, 1.807) is 24.8 Å². The van der Waals surface area contributed by atoms with E-state index < -0.39 is 11.8 Å². The van der Waals surface area contributed by atoms with Crippen molar-refractivity contribution in [1.29, 1.82) is 0 Å². The molecule has 178 valence electrons. The second-order valence-electron chi connectivity index (χ2n) is 9.90. The van der Waals surface area contributed by atoms with Crippen LogP contribution in [0.25, 0.3) is 22.3 Å². The fourth-order valence-corrected chi connectivity index (χ4v) is 5.24. The summed E-state index contributed by atoms with van der Waals surface area (Å²) in [7, 11) is 0. The van der Waals surface area contributed by atoms with E-state index in [1.165, 1.54) is 0 Å². The second-order valence-corrected chi connectivity index (χ2v) is 9.90. The number of piperidine rings is 1. The third kappa shape index (κ3) is 4.10. The number of carbonyl (C=O) groups excluding carboxylic acids is 1. The lowest BCUT2D eigenvalue weighted by Gasteiger charge is -2.43. The molecule has 2 fully saturated rings.